The van der Waals surface area contributed by atoms with Gasteiger partial charge in [0.1, 0.15) is 5.65 Å². The highest BCUT2D eigenvalue weighted by atomic mass is 15.2. The third-order valence-electron chi connectivity index (χ3n) is 3.05. The number of aromatic amines is 1. The first-order valence-electron chi connectivity index (χ1n) is 5.77. The van der Waals surface area contributed by atoms with E-state index >= 15 is 0 Å². The molecular weight excluding hydrogens is 200 g/mol. The summed E-state index contributed by atoms with van der Waals surface area (Å²) in [5.74, 6) is 0. The highest BCUT2D eigenvalue weighted by Crippen LogP contribution is 2.13. The van der Waals surface area contributed by atoms with E-state index in [0.29, 0.717) is 0 Å². The third-order valence-corrected chi connectivity index (χ3v) is 3.05. The van der Waals surface area contributed by atoms with Crippen molar-refractivity contribution in [3.8, 4) is 0 Å². The van der Waals surface area contributed by atoms with E-state index < -0.39 is 0 Å². The summed E-state index contributed by atoms with van der Waals surface area (Å²) in [6.45, 7) is 5.45. The van der Waals surface area contributed by atoms with E-state index in [1.807, 2.05) is 12.3 Å². The van der Waals surface area contributed by atoms with Crippen molar-refractivity contribution in [2.24, 2.45) is 0 Å². The van der Waals surface area contributed by atoms with Crippen molar-refractivity contribution >= 4 is 11.0 Å². The molecule has 4 nitrogen and oxygen atoms in total. The first kappa shape index (κ1) is 9.81. The van der Waals surface area contributed by atoms with E-state index in [-0.39, 0.29) is 0 Å². The molecule has 0 bridgehead atoms. The second-order valence-electron chi connectivity index (χ2n) is 4.26. The van der Waals surface area contributed by atoms with Gasteiger partial charge in [-0.05, 0) is 18.2 Å². The topological polar surface area (TPSA) is 44.0 Å². The Morgan fingerprint density at radius 3 is 3.00 bits per heavy atom. The molecule has 2 aromatic heterocycles. The van der Waals surface area contributed by atoms with Crippen LogP contribution in [0.2, 0.25) is 0 Å². The van der Waals surface area contributed by atoms with Gasteiger partial charge in [-0.1, -0.05) is 0 Å². The number of aromatic nitrogens is 2. The maximum Gasteiger partial charge on any atom is 0.137 e. The van der Waals surface area contributed by atoms with E-state index in [1.165, 1.54) is 11.1 Å². The molecule has 0 aliphatic carbocycles. The van der Waals surface area contributed by atoms with Crippen LogP contribution in [0.1, 0.15) is 5.69 Å². The number of piperazine rings is 1. The molecule has 0 saturated carbocycles. The summed E-state index contributed by atoms with van der Waals surface area (Å²) in [7, 11) is 0. The summed E-state index contributed by atoms with van der Waals surface area (Å²) in [5, 5.41) is 4.56. The predicted octanol–water partition coefficient (Wildman–Crippen LogP) is 0.968. The monoisotopic (exact) mass is 216 g/mol. The number of H-pyrrole nitrogens is 1. The van der Waals surface area contributed by atoms with Gasteiger partial charge in [0, 0.05) is 50.0 Å². The zero-order chi connectivity index (χ0) is 10.8. The Bertz CT molecular complexity index is 438. The summed E-state index contributed by atoms with van der Waals surface area (Å²) in [6.07, 6.45) is 1.83. The fourth-order valence-corrected chi connectivity index (χ4v) is 2.21. The molecule has 84 valence electrons. The van der Waals surface area contributed by atoms with Crippen LogP contribution in [0.15, 0.2) is 24.4 Å². The summed E-state index contributed by atoms with van der Waals surface area (Å²) < 4.78 is 0. The van der Waals surface area contributed by atoms with Crippen LogP contribution < -0.4 is 5.32 Å². The van der Waals surface area contributed by atoms with Gasteiger partial charge >= 0.3 is 0 Å². The molecule has 0 spiro atoms. The number of nitrogens with one attached hydrogen (secondary N) is 2. The molecule has 0 aromatic carbocycles. The van der Waals surface area contributed by atoms with Crippen molar-refractivity contribution in [1.82, 2.24) is 20.2 Å². The molecule has 2 aromatic rings. The molecule has 3 rings (SSSR count). The smallest absolute Gasteiger partial charge is 0.137 e. The molecular formula is C12H16N4. The Kier molecular flexibility index (Phi) is 2.60. The van der Waals surface area contributed by atoms with Crippen LogP contribution in [-0.2, 0) is 6.54 Å². The number of rotatable bonds is 2. The maximum atomic E-state index is 4.31. The minimum Gasteiger partial charge on any atom is -0.342 e. The van der Waals surface area contributed by atoms with Crippen molar-refractivity contribution < 1.29 is 0 Å². The molecule has 4 heteroatoms. The summed E-state index contributed by atoms with van der Waals surface area (Å²) in [6, 6.07) is 6.27. The summed E-state index contributed by atoms with van der Waals surface area (Å²) in [5.41, 5.74) is 2.25. The lowest BCUT2D eigenvalue weighted by Gasteiger charge is -2.26. The largest absolute Gasteiger partial charge is 0.342 e. The van der Waals surface area contributed by atoms with Gasteiger partial charge < -0.3 is 10.3 Å². The quantitative estimate of drug-likeness (QED) is 0.786. The van der Waals surface area contributed by atoms with Gasteiger partial charge in [-0.25, -0.2) is 4.98 Å². The number of fused-ring (bicyclic) bond motifs is 1. The van der Waals surface area contributed by atoms with Crippen molar-refractivity contribution in [2.75, 3.05) is 26.2 Å². The SMILES string of the molecule is c1cnc2[nH]c(CN3CCNCC3)cc2c1. The van der Waals surface area contributed by atoms with Gasteiger partial charge in [-0.15, -0.1) is 0 Å². The van der Waals surface area contributed by atoms with E-state index in [1.54, 1.807) is 0 Å². The van der Waals surface area contributed by atoms with Crippen LogP contribution in [0.4, 0.5) is 0 Å². The van der Waals surface area contributed by atoms with Gasteiger partial charge in [0.05, 0.1) is 0 Å². The van der Waals surface area contributed by atoms with E-state index in [4.69, 9.17) is 0 Å². The first-order chi connectivity index (χ1) is 7.92. The highest BCUT2D eigenvalue weighted by Gasteiger charge is 2.11. The Morgan fingerprint density at radius 2 is 2.19 bits per heavy atom. The van der Waals surface area contributed by atoms with Crippen LogP contribution in [0.25, 0.3) is 11.0 Å². The van der Waals surface area contributed by atoms with Gasteiger partial charge in [-0.2, -0.15) is 0 Å². The number of nitrogens with zero attached hydrogens (tertiary/aromatic N) is 2. The highest BCUT2D eigenvalue weighted by molar-refractivity contribution is 5.76. The minimum atomic E-state index is 0.993. The van der Waals surface area contributed by atoms with Crippen LogP contribution in [0.3, 0.4) is 0 Å². The Balaban J connectivity index is 1.78. The molecule has 1 aliphatic rings. The van der Waals surface area contributed by atoms with Gasteiger partial charge in [0.2, 0.25) is 0 Å². The van der Waals surface area contributed by atoms with Gasteiger partial charge in [0.25, 0.3) is 0 Å². The van der Waals surface area contributed by atoms with Crippen LogP contribution >= 0.6 is 0 Å². The number of hydrogen-bond acceptors (Lipinski definition) is 3. The van der Waals surface area contributed by atoms with Gasteiger partial charge in [0.15, 0.2) is 0 Å². The lowest BCUT2D eigenvalue weighted by molar-refractivity contribution is 0.231. The number of pyridine rings is 1. The van der Waals surface area contributed by atoms with Crippen molar-refractivity contribution in [2.45, 2.75) is 6.54 Å². The number of hydrogen-bond donors (Lipinski definition) is 2. The molecule has 1 fully saturated rings. The average molecular weight is 216 g/mol. The first-order valence-corrected chi connectivity index (χ1v) is 5.77. The molecule has 0 amide bonds. The molecule has 0 atom stereocenters. The molecule has 1 aliphatic heterocycles. The molecule has 0 unspecified atom stereocenters. The average Bonchev–Trinajstić information content (AvgIpc) is 2.72. The summed E-state index contributed by atoms with van der Waals surface area (Å²) in [4.78, 5) is 10.1. The second kappa shape index (κ2) is 4.23. The van der Waals surface area contributed by atoms with Crippen molar-refractivity contribution in [1.29, 1.82) is 0 Å². The fraction of sp³-hybridized carbons (Fsp3) is 0.417. The lowest BCUT2D eigenvalue weighted by Crippen LogP contribution is -2.42. The van der Waals surface area contributed by atoms with Crippen LogP contribution in [0, 0.1) is 0 Å². The Morgan fingerprint density at radius 1 is 1.31 bits per heavy atom. The molecule has 16 heavy (non-hydrogen) atoms. The van der Waals surface area contributed by atoms with Crippen LogP contribution in [0.5, 0.6) is 0 Å². The molecule has 1 saturated heterocycles. The molecule has 0 radical (unpaired) electrons. The van der Waals surface area contributed by atoms with E-state index in [0.717, 1.165) is 38.4 Å². The fourth-order valence-electron chi connectivity index (χ4n) is 2.21. The lowest BCUT2D eigenvalue weighted by atomic mass is 10.3. The van der Waals surface area contributed by atoms with Gasteiger partial charge in [-0.3, -0.25) is 4.90 Å². The second-order valence-corrected chi connectivity index (χ2v) is 4.26. The Labute approximate surface area is 94.7 Å². The van der Waals surface area contributed by atoms with Crippen molar-refractivity contribution in [3.05, 3.63) is 30.1 Å². The van der Waals surface area contributed by atoms with E-state index in [9.17, 15) is 0 Å². The summed E-state index contributed by atoms with van der Waals surface area (Å²) >= 11 is 0. The predicted molar refractivity (Wildman–Crippen MR) is 64.2 cm³/mol. The van der Waals surface area contributed by atoms with Crippen molar-refractivity contribution in [3.63, 3.8) is 0 Å². The van der Waals surface area contributed by atoms with Crippen LogP contribution in [-0.4, -0.2) is 41.0 Å². The normalized spacial score (nSPS) is 18.0. The molecule has 2 N–H and O–H groups in total. The maximum absolute atomic E-state index is 4.31. The Hall–Kier alpha value is -1.39. The third kappa shape index (κ3) is 1.94. The minimum absolute atomic E-state index is 0.993. The zero-order valence-corrected chi connectivity index (χ0v) is 9.24. The zero-order valence-electron chi connectivity index (χ0n) is 9.24. The standard InChI is InChI=1S/C12H16N4/c1-2-10-8-11(15-12(10)14-3-1)9-16-6-4-13-5-7-16/h1-3,8,13H,4-7,9H2,(H,14,15). The molecule has 3 heterocycles. The van der Waals surface area contributed by atoms with E-state index in [2.05, 4.69) is 32.3 Å².